The number of rotatable bonds is 4. The van der Waals surface area contributed by atoms with Gasteiger partial charge in [-0.25, -0.2) is 4.31 Å². The Balaban J connectivity index is 2.63. The van der Waals surface area contributed by atoms with Crippen LogP contribution in [-0.4, -0.2) is 28.1 Å². The monoisotopic (exact) mass is 371 g/mol. The molecule has 1 aromatic carbocycles. The Morgan fingerprint density at radius 3 is 2.26 bits per heavy atom. The van der Waals surface area contributed by atoms with E-state index in [0.29, 0.717) is 6.20 Å². The second-order valence-corrected chi connectivity index (χ2v) is 8.67. The fourth-order valence-electron chi connectivity index (χ4n) is 2.18. The molecule has 23 heavy (non-hydrogen) atoms. The predicted molar refractivity (Wildman–Crippen MR) is 77.4 cm³/mol. The highest BCUT2D eigenvalue weighted by molar-refractivity contribution is 7.93. The van der Waals surface area contributed by atoms with Crippen LogP contribution in [0.3, 0.4) is 0 Å². The SMILES string of the molecule is COP(=O)(OC)C1C=CN(S(=O)(=O)C(F)(F)F)c2ccccc21. The van der Waals surface area contributed by atoms with Crippen molar-refractivity contribution in [1.29, 1.82) is 0 Å². The van der Waals surface area contributed by atoms with Crippen molar-refractivity contribution in [1.82, 2.24) is 0 Å². The van der Waals surface area contributed by atoms with Gasteiger partial charge in [0.2, 0.25) is 0 Å². The van der Waals surface area contributed by atoms with Gasteiger partial charge in [0, 0.05) is 20.4 Å². The van der Waals surface area contributed by atoms with E-state index >= 15 is 0 Å². The third-order valence-corrected chi connectivity index (χ3v) is 6.87. The highest BCUT2D eigenvalue weighted by atomic mass is 32.2. The molecule has 0 saturated heterocycles. The second kappa shape index (κ2) is 5.94. The molecule has 1 heterocycles. The third-order valence-electron chi connectivity index (χ3n) is 3.30. The van der Waals surface area contributed by atoms with Crippen LogP contribution >= 0.6 is 7.60 Å². The first kappa shape index (κ1) is 18.0. The van der Waals surface area contributed by atoms with E-state index in [9.17, 15) is 26.2 Å². The quantitative estimate of drug-likeness (QED) is 0.759. The zero-order valence-electron chi connectivity index (χ0n) is 12.0. The molecule has 0 N–H and O–H groups in total. The molecule has 0 fully saturated rings. The van der Waals surface area contributed by atoms with Crippen LogP contribution < -0.4 is 4.31 Å². The van der Waals surface area contributed by atoms with Crippen molar-refractivity contribution in [2.75, 3.05) is 18.5 Å². The number of alkyl halides is 3. The maximum absolute atomic E-state index is 12.8. The summed E-state index contributed by atoms with van der Waals surface area (Å²) in [4.78, 5) is 0. The van der Waals surface area contributed by atoms with Gasteiger partial charge in [0.05, 0.1) is 5.69 Å². The van der Waals surface area contributed by atoms with E-state index in [0.717, 1.165) is 20.3 Å². The van der Waals surface area contributed by atoms with E-state index in [1.165, 1.54) is 24.3 Å². The maximum Gasteiger partial charge on any atom is 0.517 e. The Hall–Kier alpha value is -1.35. The van der Waals surface area contributed by atoms with E-state index < -0.39 is 28.8 Å². The van der Waals surface area contributed by atoms with Gasteiger partial charge in [0.25, 0.3) is 0 Å². The van der Waals surface area contributed by atoms with Gasteiger partial charge in [0.15, 0.2) is 0 Å². The number of hydrogen-bond acceptors (Lipinski definition) is 5. The van der Waals surface area contributed by atoms with Crippen molar-refractivity contribution >= 4 is 23.3 Å². The fourth-order valence-corrected chi connectivity index (χ4v) is 4.51. The van der Waals surface area contributed by atoms with E-state index in [-0.39, 0.29) is 15.6 Å². The number of fused-ring (bicyclic) bond motifs is 1. The first-order valence-electron chi connectivity index (χ1n) is 6.17. The molecular formula is C12H13F3NO5PS. The number of para-hydroxylation sites is 1. The first-order valence-corrected chi connectivity index (χ1v) is 9.23. The number of hydrogen-bond donors (Lipinski definition) is 0. The Morgan fingerprint density at radius 1 is 1.17 bits per heavy atom. The average Bonchev–Trinajstić information content (AvgIpc) is 2.52. The van der Waals surface area contributed by atoms with Crippen molar-refractivity contribution in [3.05, 3.63) is 42.1 Å². The van der Waals surface area contributed by atoms with Gasteiger partial charge in [-0.3, -0.25) is 4.57 Å². The summed E-state index contributed by atoms with van der Waals surface area (Å²) in [6.45, 7) is 0. The Kier molecular flexibility index (Phi) is 4.64. The molecule has 0 amide bonds. The van der Waals surface area contributed by atoms with Gasteiger partial charge < -0.3 is 9.05 Å². The molecule has 0 radical (unpaired) electrons. The molecular weight excluding hydrogens is 358 g/mol. The van der Waals surface area contributed by atoms with Crippen LogP contribution in [0.15, 0.2) is 36.5 Å². The lowest BCUT2D eigenvalue weighted by Gasteiger charge is -2.32. The standard InChI is InChI=1S/C12H13F3NO5PS/c1-20-22(17,21-2)11-7-8-16(23(18,19)12(13,14)15)10-6-4-3-5-9(10)11/h3-8,11H,1-2H3. The van der Waals surface area contributed by atoms with Crippen LogP contribution in [0.1, 0.15) is 11.2 Å². The minimum Gasteiger partial charge on any atom is -0.311 e. The number of allylic oxidation sites excluding steroid dienone is 1. The Labute approximate surface area is 131 Å². The first-order chi connectivity index (χ1) is 10.6. The molecule has 2 rings (SSSR count). The molecule has 0 aromatic heterocycles. The van der Waals surface area contributed by atoms with E-state index in [2.05, 4.69) is 0 Å². The van der Waals surface area contributed by atoms with Crippen LogP contribution in [0.5, 0.6) is 0 Å². The summed E-state index contributed by atoms with van der Waals surface area (Å²) in [6.07, 6.45) is 1.76. The van der Waals surface area contributed by atoms with Gasteiger partial charge >= 0.3 is 23.1 Å². The summed E-state index contributed by atoms with van der Waals surface area (Å²) >= 11 is 0. The lowest BCUT2D eigenvalue weighted by molar-refractivity contribution is -0.0436. The van der Waals surface area contributed by atoms with Crippen molar-refractivity contribution in [2.45, 2.75) is 11.2 Å². The van der Waals surface area contributed by atoms with Crippen molar-refractivity contribution in [3.63, 3.8) is 0 Å². The van der Waals surface area contributed by atoms with Crippen LogP contribution in [0, 0.1) is 0 Å². The Morgan fingerprint density at radius 2 is 1.74 bits per heavy atom. The topological polar surface area (TPSA) is 72.9 Å². The summed E-state index contributed by atoms with van der Waals surface area (Å²) in [7, 11) is -7.04. The number of anilines is 1. The number of nitrogens with zero attached hydrogens (tertiary/aromatic N) is 1. The van der Waals surface area contributed by atoms with Crippen molar-refractivity contribution in [2.24, 2.45) is 0 Å². The van der Waals surface area contributed by atoms with Gasteiger partial charge in [-0.15, -0.1) is 0 Å². The molecule has 0 saturated carbocycles. The highest BCUT2D eigenvalue weighted by Gasteiger charge is 2.51. The normalized spacial score (nSPS) is 18.8. The second-order valence-electron chi connectivity index (χ2n) is 4.50. The zero-order chi connectivity index (χ0) is 17.5. The van der Waals surface area contributed by atoms with Crippen LogP contribution in [0.25, 0.3) is 0 Å². The molecule has 1 unspecified atom stereocenters. The minimum absolute atomic E-state index is 0.0925. The van der Waals surface area contributed by atoms with E-state index in [1.807, 2.05) is 0 Å². The summed E-state index contributed by atoms with van der Waals surface area (Å²) in [5, 5.41) is 0. The van der Waals surface area contributed by atoms with E-state index in [4.69, 9.17) is 9.05 Å². The molecule has 1 aliphatic heterocycles. The molecule has 1 atom stereocenters. The minimum atomic E-state index is -5.62. The lowest BCUT2D eigenvalue weighted by atomic mass is 10.1. The summed E-state index contributed by atoms with van der Waals surface area (Å²) in [5.41, 5.74) is -6.65. The summed E-state index contributed by atoms with van der Waals surface area (Å²) in [5.74, 6) is 0. The summed E-state index contributed by atoms with van der Waals surface area (Å²) < 4.78 is 84.2. The molecule has 0 bridgehead atoms. The van der Waals surface area contributed by atoms with Crippen LogP contribution in [-0.2, 0) is 23.6 Å². The number of benzene rings is 1. The van der Waals surface area contributed by atoms with Crippen molar-refractivity contribution in [3.8, 4) is 0 Å². The van der Waals surface area contributed by atoms with Crippen LogP contribution in [0.4, 0.5) is 18.9 Å². The van der Waals surface area contributed by atoms with E-state index in [1.54, 1.807) is 0 Å². The zero-order valence-corrected chi connectivity index (χ0v) is 13.7. The Bertz CT molecular complexity index is 769. The highest BCUT2D eigenvalue weighted by Crippen LogP contribution is 2.63. The number of sulfonamides is 1. The average molecular weight is 371 g/mol. The molecule has 6 nitrogen and oxygen atoms in total. The number of halogens is 3. The molecule has 0 aliphatic carbocycles. The van der Waals surface area contributed by atoms with Gasteiger partial charge in [-0.05, 0) is 17.7 Å². The van der Waals surface area contributed by atoms with Gasteiger partial charge in [0.1, 0.15) is 5.66 Å². The fraction of sp³-hybridized carbons (Fsp3) is 0.333. The van der Waals surface area contributed by atoms with Crippen LogP contribution in [0.2, 0.25) is 0 Å². The lowest BCUT2D eigenvalue weighted by Crippen LogP contribution is -2.39. The third kappa shape index (κ3) is 2.91. The van der Waals surface area contributed by atoms with Gasteiger partial charge in [-0.1, -0.05) is 18.2 Å². The smallest absolute Gasteiger partial charge is 0.311 e. The largest absolute Gasteiger partial charge is 0.517 e. The molecule has 11 heteroatoms. The van der Waals surface area contributed by atoms with Crippen molar-refractivity contribution < 1.29 is 35.2 Å². The maximum atomic E-state index is 12.8. The molecule has 1 aliphatic rings. The summed E-state index contributed by atoms with van der Waals surface area (Å²) in [6, 6.07) is 5.41. The molecule has 128 valence electrons. The predicted octanol–water partition coefficient (Wildman–Crippen LogP) is 3.40. The molecule has 1 aromatic rings. The van der Waals surface area contributed by atoms with Gasteiger partial charge in [-0.2, -0.15) is 21.6 Å². The molecule has 0 spiro atoms.